The first-order valence-corrected chi connectivity index (χ1v) is 7.67. The summed E-state index contributed by atoms with van der Waals surface area (Å²) in [5, 5.41) is 19.0. The molecular weight excluding hydrogens is 284 g/mol. The van der Waals surface area contributed by atoms with Crippen LogP contribution in [0.2, 0.25) is 0 Å². The SMILES string of the molecule is Cc1cc(-c2ccc(O)cc2)c(C)c(C)c1-c1ccc(O)cc1. The number of rotatable bonds is 2. The summed E-state index contributed by atoms with van der Waals surface area (Å²) in [6, 6.07) is 16.8. The number of aryl methyl sites for hydroxylation is 1. The summed E-state index contributed by atoms with van der Waals surface area (Å²) >= 11 is 0. The minimum Gasteiger partial charge on any atom is -0.508 e. The van der Waals surface area contributed by atoms with Gasteiger partial charge in [-0.3, -0.25) is 0 Å². The van der Waals surface area contributed by atoms with Crippen molar-refractivity contribution < 1.29 is 10.2 Å². The van der Waals surface area contributed by atoms with Gasteiger partial charge in [0, 0.05) is 0 Å². The number of hydrogen-bond donors (Lipinski definition) is 2. The van der Waals surface area contributed by atoms with E-state index in [-0.39, 0.29) is 11.5 Å². The zero-order chi connectivity index (χ0) is 16.6. The summed E-state index contributed by atoms with van der Waals surface area (Å²) in [7, 11) is 0. The largest absolute Gasteiger partial charge is 0.508 e. The summed E-state index contributed by atoms with van der Waals surface area (Å²) in [6.45, 7) is 6.37. The first-order valence-electron chi connectivity index (χ1n) is 7.67. The lowest BCUT2D eigenvalue weighted by Gasteiger charge is -2.17. The smallest absolute Gasteiger partial charge is 0.115 e. The van der Waals surface area contributed by atoms with Gasteiger partial charge in [-0.25, -0.2) is 0 Å². The van der Waals surface area contributed by atoms with Crippen LogP contribution < -0.4 is 0 Å². The molecule has 0 atom stereocenters. The molecule has 0 saturated carbocycles. The fourth-order valence-electron chi connectivity index (χ4n) is 3.10. The van der Waals surface area contributed by atoms with Crippen LogP contribution in [-0.4, -0.2) is 10.2 Å². The van der Waals surface area contributed by atoms with E-state index in [1.807, 2.05) is 24.3 Å². The predicted octanol–water partition coefficient (Wildman–Crippen LogP) is 5.36. The van der Waals surface area contributed by atoms with Crippen molar-refractivity contribution >= 4 is 0 Å². The molecule has 0 saturated heterocycles. The van der Waals surface area contributed by atoms with E-state index in [0.717, 1.165) is 11.1 Å². The van der Waals surface area contributed by atoms with E-state index in [1.54, 1.807) is 24.3 Å². The third-order valence-corrected chi connectivity index (χ3v) is 4.43. The van der Waals surface area contributed by atoms with Gasteiger partial charge in [-0.05, 0) is 84.0 Å². The molecule has 0 aliphatic heterocycles. The fraction of sp³-hybridized carbons (Fsp3) is 0.143. The van der Waals surface area contributed by atoms with Crippen LogP contribution in [-0.2, 0) is 0 Å². The molecular formula is C21H20O2. The number of aromatic hydroxyl groups is 2. The third kappa shape index (κ3) is 2.80. The molecule has 0 aliphatic rings. The van der Waals surface area contributed by atoms with Gasteiger partial charge in [0.1, 0.15) is 11.5 Å². The molecule has 2 nitrogen and oxygen atoms in total. The van der Waals surface area contributed by atoms with Crippen LogP contribution in [0, 0.1) is 20.8 Å². The molecule has 2 N–H and O–H groups in total. The maximum Gasteiger partial charge on any atom is 0.115 e. The van der Waals surface area contributed by atoms with Crippen molar-refractivity contribution in [2.24, 2.45) is 0 Å². The van der Waals surface area contributed by atoms with Gasteiger partial charge in [-0.2, -0.15) is 0 Å². The maximum absolute atomic E-state index is 9.49. The Morgan fingerprint density at radius 1 is 0.609 bits per heavy atom. The van der Waals surface area contributed by atoms with E-state index in [2.05, 4.69) is 26.8 Å². The summed E-state index contributed by atoms with van der Waals surface area (Å²) < 4.78 is 0. The zero-order valence-corrected chi connectivity index (χ0v) is 13.6. The topological polar surface area (TPSA) is 40.5 Å². The Labute approximate surface area is 136 Å². The summed E-state index contributed by atoms with van der Waals surface area (Å²) in [5.74, 6) is 0.557. The van der Waals surface area contributed by atoms with Crippen LogP contribution in [0.4, 0.5) is 0 Å². The van der Waals surface area contributed by atoms with E-state index in [4.69, 9.17) is 0 Å². The monoisotopic (exact) mass is 304 g/mol. The van der Waals surface area contributed by atoms with Crippen molar-refractivity contribution in [3.63, 3.8) is 0 Å². The van der Waals surface area contributed by atoms with E-state index < -0.39 is 0 Å². The standard InChI is InChI=1S/C21H20O2/c1-13-12-20(16-4-8-18(22)9-5-16)14(2)15(3)21(13)17-6-10-19(23)11-7-17/h4-12,22-23H,1-3H3. The number of phenols is 2. The molecule has 0 bridgehead atoms. The highest BCUT2D eigenvalue weighted by Crippen LogP contribution is 2.36. The quantitative estimate of drug-likeness (QED) is 0.669. The molecule has 0 heterocycles. The second kappa shape index (κ2) is 5.81. The summed E-state index contributed by atoms with van der Waals surface area (Å²) in [4.78, 5) is 0. The Bertz CT molecular complexity index is 845. The highest BCUT2D eigenvalue weighted by atomic mass is 16.3. The van der Waals surface area contributed by atoms with Crippen molar-refractivity contribution in [1.82, 2.24) is 0 Å². The molecule has 2 heteroatoms. The van der Waals surface area contributed by atoms with Crippen molar-refractivity contribution in [3.8, 4) is 33.8 Å². The lowest BCUT2D eigenvalue weighted by Crippen LogP contribution is -1.95. The van der Waals surface area contributed by atoms with Crippen molar-refractivity contribution in [2.45, 2.75) is 20.8 Å². The van der Waals surface area contributed by atoms with Crippen LogP contribution in [0.5, 0.6) is 11.5 Å². The van der Waals surface area contributed by atoms with Gasteiger partial charge in [0.2, 0.25) is 0 Å². The van der Waals surface area contributed by atoms with Gasteiger partial charge < -0.3 is 10.2 Å². The van der Waals surface area contributed by atoms with E-state index in [0.29, 0.717) is 0 Å². The van der Waals surface area contributed by atoms with Crippen molar-refractivity contribution in [1.29, 1.82) is 0 Å². The van der Waals surface area contributed by atoms with Crippen LogP contribution in [0.1, 0.15) is 16.7 Å². The van der Waals surface area contributed by atoms with Gasteiger partial charge in [0.05, 0.1) is 0 Å². The van der Waals surface area contributed by atoms with Gasteiger partial charge >= 0.3 is 0 Å². The Kier molecular flexibility index (Phi) is 3.83. The lowest BCUT2D eigenvalue weighted by molar-refractivity contribution is 0.475. The molecule has 116 valence electrons. The normalized spacial score (nSPS) is 10.7. The molecule has 3 aromatic rings. The first-order chi connectivity index (χ1) is 11.0. The van der Waals surface area contributed by atoms with Crippen LogP contribution in [0.15, 0.2) is 54.6 Å². The highest BCUT2D eigenvalue weighted by molar-refractivity contribution is 5.80. The van der Waals surface area contributed by atoms with Crippen LogP contribution >= 0.6 is 0 Å². The second-order valence-corrected chi connectivity index (χ2v) is 5.96. The van der Waals surface area contributed by atoms with E-state index in [9.17, 15) is 10.2 Å². The van der Waals surface area contributed by atoms with Gasteiger partial charge in [-0.1, -0.05) is 30.3 Å². The third-order valence-electron chi connectivity index (χ3n) is 4.43. The molecule has 0 radical (unpaired) electrons. The van der Waals surface area contributed by atoms with Gasteiger partial charge in [0.15, 0.2) is 0 Å². The molecule has 0 aromatic heterocycles. The highest BCUT2D eigenvalue weighted by Gasteiger charge is 2.13. The lowest BCUT2D eigenvalue weighted by atomic mass is 9.87. The predicted molar refractivity (Wildman–Crippen MR) is 94.9 cm³/mol. The molecule has 0 aliphatic carbocycles. The van der Waals surface area contributed by atoms with Gasteiger partial charge in [-0.15, -0.1) is 0 Å². The molecule has 0 fully saturated rings. The minimum atomic E-state index is 0.278. The number of phenolic OH excluding ortho intramolecular Hbond substituents is 2. The number of benzene rings is 3. The zero-order valence-electron chi connectivity index (χ0n) is 13.6. The first kappa shape index (κ1) is 15.2. The minimum absolute atomic E-state index is 0.278. The Morgan fingerprint density at radius 3 is 1.61 bits per heavy atom. The molecule has 0 amide bonds. The molecule has 3 aromatic carbocycles. The molecule has 23 heavy (non-hydrogen) atoms. The summed E-state index contributed by atoms with van der Waals surface area (Å²) in [6.07, 6.45) is 0. The Morgan fingerprint density at radius 2 is 1.09 bits per heavy atom. The van der Waals surface area contributed by atoms with Crippen LogP contribution in [0.25, 0.3) is 22.3 Å². The average molecular weight is 304 g/mol. The average Bonchev–Trinajstić information content (AvgIpc) is 2.54. The molecule has 0 unspecified atom stereocenters. The van der Waals surface area contributed by atoms with Crippen molar-refractivity contribution in [2.75, 3.05) is 0 Å². The Balaban J connectivity index is 2.17. The maximum atomic E-state index is 9.49. The van der Waals surface area contributed by atoms with Crippen LogP contribution in [0.3, 0.4) is 0 Å². The fourth-order valence-corrected chi connectivity index (χ4v) is 3.10. The molecule has 0 spiro atoms. The van der Waals surface area contributed by atoms with E-state index >= 15 is 0 Å². The summed E-state index contributed by atoms with van der Waals surface area (Å²) in [5.41, 5.74) is 8.26. The number of hydrogen-bond acceptors (Lipinski definition) is 2. The van der Waals surface area contributed by atoms with Crippen molar-refractivity contribution in [3.05, 3.63) is 71.3 Å². The van der Waals surface area contributed by atoms with E-state index in [1.165, 1.54) is 27.8 Å². The van der Waals surface area contributed by atoms with Gasteiger partial charge in [0.25, 0.3) is 0 Å². The Hall–Kier alpha value is -2.74. The second-order valence-electron chi connectivity index (χ2n) is 5.96. The molecule has 3 rings (SSSR count).